The summed E-state index contributed by atoms with van der Waals surface area (Å²) in [6.07, 6.45) is 0.406. The molecule has 1 aliphatic heterocycles. The van der Waals surface area contributed by atoms with Crippen molar-refractivity contribution in [1.82, 2.24) is 5.32 Å². The summed E-state index contributed by atoms with van der Waals surface area (Å²) in [5.74, 6) is 0.0265. The maximum atomic E-state index is 12.3. The molecule has 23 heavy (non-hydrogen) atoms. The van der Waals surface area contributed by atoms with E-state index in [1.807, 2.05) is 0 Å². The lowest BCUT2D eigenvalue weighted by Gasteiger charge is -2.38. The molecule has 4 nitrogen and oxygen atoms in total. The van der Waals surface area contributed by atoms with Gasteiger partial charge in [0.05, 0.1) is 12.6 Å². The molecule has 136 valence electrons. The van der Waals surface area contributed by atoms with Gasteiger partial charge >= 0.3 is 0 Å². The molecule has 1 saturated heterocycles. The Bertz CT molecular complexity index is 436. The molecule has 1 rings (SSSR count). The lowest BCUT2D eigenvalue weighted by molar-refractivity contribution is -0.125. The molecule has 0 aromatic carbocycles. The van der Waals surface area contributed by atoms with Crippen molar-refractivity contribution in [2.75, 3.05) is 6.61 Å². The summed E-state index contributed by atoms with van der Waals surface area (Å²) >= 11 is 0. The Balaban J connectivity index is 2.62. The van der Waals surface area contributed by atoms with E-state index in [0.29, 0.717) is 6.61 Å². The minimum absolute atomic E-state index is 0.0265. The first-order chi connectivity index (χ1) is 10.1. The van der Waals surface area contributed by atoms with E-state index in [9.17, 15) is 4.79 Å². The Labute approximate surface area is 145 Å². The third-order valence-electron chi connectivity index (χ3n) is 5.83. The first kappa shape index (κ1) is 20.9. The molecule has 0 radical (unpaired) electrons. The zero-order valence-corrected chi connectivity index (χ0v) is 18.8. The highest BCUT2D eigenvalue weighted by molar-refractivity contribution is 6.74. The van der Waals surface area contributed by atoms with E-state index >= 15 is 0 Å². The smallest absolute Gasteiger partial charge is 0.248 e. The highest BCUT2D eigenvalue weighted by Gasteiger charge is 2.44. The highest BCUT2D eigenvalue weighted by Crippen LogP contribution is 2.39. The Morgan fingerprint density at radius 3 is 1.91 bits per heavy atom. The van der Waals surface area contributed by atoms with Crippen LogP contribution in [0.3, 0.4) is 0 Å². The fraction of sp³-hybridized carbons (Fsp3) is 0.941. The Hall–Kier alpha value is -0.176. The van der Waals surface area contributed by atoms with Crippen molar-refractivity contribution in [2.24, 2.45) is 0 Å². The first-order valence-corrected chi connectivity index (χ1v) is 14.5. The predicted molar refractivity (Wildman–Crippen MR) is 102 cm³/mol. The molecule has 0 aromatic heterocycles. The number of nitrogens with one attached hydrogen (secondary N) is 1. The van der Waals surface area contributed by atoms with Crippen molar-refractivity contribution >= 4 is 22.5 Å². The SMILES string of the molecule is CC(C)(C)[Si](C)(C)OC[C@@H]1C[C@@H](O[Si](C)(C)C(C)(C)C)C(=O)N1. The van der Waals surface area contributed by atoms with Gasteiger partial charge in [-0.15, -0.1) is 0 Å². The van der Waals surface area contributed by atoms with Crippen molar-refractivity contribution in [3.63, 3.8) is 0 Å². The van der Waals surface area contributed by atoms with E-state index in [1.165, 1.54) is 0 Å². The van der Waals surface area contributed by atoms with E-state index in [2.05, 4.69) is 73.0 Å². The van der Waals surface area contributed by atoms with Gasteiger partial charge in [0.25, 0.3) is 0 Å². The largest absolute Gasteiger partial charge is 0.415 e. The van der Waals surface area contributed by atoms with Crippen LogP contribution in [0.25, 0.3) is 0 Å². The van der Waals surface area contributed by atoms with Crippen LogP contribution in [0.15, 0.2) is 0 Å². The summed E-state index contributed by atoms with van der Waals surface area (Å²) < 4.78 is 12.5. The zero-order chi connectivity index (χ0) is 18.3. The normalized spacial score (nSPS) is 24.0. The van der Waals surface area contributed by atoms with E-state index < -0.39 is 16.6 Å². The summed E-state index contributed by atoms with van der Waals surface area (Å²) in [5, 5.41) is 3.36. The molecule has 0 unspecified atom stereocenters. The molecule has 6 heteroatoms. The summed E-state index contributed by atoms with van der Waals surface area (Å²) in [7, 11) is -3.70. The molecule has 0 spiro atoms. The summed E-state index contributed by atoms with van der Waals surface area (Å²) in [6, 6.07) is 0.0754. The van der Waals surface area contributed by atoms with Crippen LogP contribution in [0.5, 0.6) is 0 Å². The predicted octanol–water partition coefficient (Wildman–Crippen LogP) is 4.29. The van der Waals surface area contributed by atoms with Crippen LogP contribution in [0, 0.1) is 0 Å². The minimum atomic E-state index is -1.92. The van der Waals surface area contributed by atoms with Crippen LogP contribution >= 0.6 is 0 Å². The Kier molecular flexibility index (Phi) is 6.00. The van der Waals surface area contributed by atoms with E-state index in [4.69, 9.17) is 8.85 Å². The summed E-state index contributed by atoms with van der Waals surface area (Å²) in [6.45, 7) is 22.8. The second-order valence-corrected chi connectivity index (χ2v) is 19.4. The van der Waals surface area contributed by atoms with Crippen LogP contribution in [0.2, 0.25) is 36.3 Å². The lowest BCUT2D eigenvalue weighted by atomic mass is 10.2. The van der Waals surface area contributed by atoms with Crippen molar-refractivity contribution in [3.8, 4) is 0 Å². The average Bonchev–Trinajstić information content (AvgIpc) is 2.64. The van der Waals surface area contributed by atoms with Crippen LogP contribution < -0.4 is 5.32 Å². The van der Waals surface area contributed by atoms with Crippen molar-refractivity contribution in [2.45, 2.75) is 96.4 Å². The number of carbonyl (C=O) groups is 1. The molecule has 0 saturated carbocycles. The monoisotopic (exact) mass is 359 g/mol. The van der Waals surface area contributed by atoms with Gasteiger partial charge in [-0.2, -0.15) is 0 Å². The number of hydrogen-bond acceptors (Lipinski definition) is 3. The second kappa shape index (κ2) is 6.61. The number of carbonyl (C=O) groups excluding carboxylic acids is 1. The van der Waals surface area contributed by atoms with Gasteiger partial charge in [-0.25, -0.2) is 0 Å². The van der Waals surface area contributed by atoms with Crippen molar-refractivity contribution in [3.05, 3.63) is 0 Å². The van der Waals surface area contributed by atoms with E-state index in [1.54, 1.807) is 0 Å². The number of hydrogen-bond donors (Lipinski definition) is 1. The number of rotatable bonds is 5. The molecule has 1 aliphatic rings. The Morgan fingerprint density at radius 2 is 1.48 bits per heavy atom. The topological polar surface area (TPSA) is 47.6 Å². The molecular weight excluding hydrogens is 322 g/mol. The molecule has 0 bridgehead atoms. The van der Waals surface area contributed by atoms with Crippen LogP contribution in [0.1, 0.15) is 48.0 Å². The van der Waals surface area contributed by atoms with Gasteiger partial charge in [0.15, 0.2) is 16.6 Å². The van der Waals surface area contributed by atoms with Gasteiger partial charge in [-0.05, 0) is 36.3 Å². The molecule has 2 atom stereocenters. The standard InChI is InChI=1S/C17H37NO3Si2/c1-16(2,3)22(7,8)20-12-13-11-14(15(19)18-13)21-23(9,10)17(4,5)6/h13-14H,11-12H2,1-10H3,(H,18,19)/t13-,14+/m0/s1. The maximum absolute atomic E-state index is 12.3. The fourth-order valence-electron chi connectivity index (χ4n) is 1.99. The summed E-state index contributed by atoms with van der Waals surface area (Å²) in [4.78, 5) is 12.3. The second-order valence-electron chi connectivity index (χ2n) is 9.88. The van der Waals surface area contributed by atoms with E-state index in [-0.39, 0.29) is 28.1 Å². The average molecular weight is 360 g/mol. The highest BCUT2D eigenvalue weighted by atomic mass is 28.4. The van der Waals surface area contributed by atoms with Crippen LogP contribution in [0.4, 0.5) is 0 Å². The van der Waals surface area contributed by atoms with Gasteiger partial charge in [0.1, 0.15) is 6.10 Å². The molecule has 1 N–H and O–H groups in total. The van der Waals surface area contributed by atoms with Gasteiger partial charge in [0, 0.05) is 6.42 Å². The molecule has 1 heterocycles. The van der Waals surface area contributed by atoms with E-state index in [0.717, 1.165) is 6.42 Å². The molecular formula is C17H37NO3Si2. The van der Waals surface area contributed by atoms with Gasteiger partial charge in [0.2, 0.25) is 5.91 Å². The van der Waals surface area contributed by atoms with Gasteiger partial charge < -0.3 is 14.2 Å². The van der Waals surface area contributed by atoms with Crippen molar-refractivity contribution in [1.29, 1.82) is 0 Å². The molecule has 1 amide bonds. The third-order valence-corrected chi connectivity index (χ3v) is 14.8. The molecule has 0 aromatic rings. The van der Waals surface area contributed by atoms with Crippen LogP contribution in [-0.4, -0.2) is 41.3 Å². The summed E-state index contributed by atoms with van der Waals surface area (Å²) in [5.41, 5.74) is 0. The minimum Gasteiger partial charge on any atom is -0.415 e. The maximum Gasteiger partial charge on any atom is 0.248 e. The molecule has 1 fully saturated rings. The lowest BCUT2D eigenvalue weighted by Crippen LogP contribution is -2.45. The van der Waals surface area contributed by atoms with Gasteiger partial charge in [-0.1, -0.05) is 41.5 Å². The zero-order valence-electron chi connectivity index (χ0n) is 16.8. The number of amides is 1. The third kappa shape index (κ3) is 5.15. The first-order valence-electron chi connectivity index (χ1n) is 8.69. The quantitative estimate of drug-likeness (QED) is 0.745. The molecule has 0 aliphatic carbocycles. The Morgan fingerprint density at radius 1 is 1.00 bits per heavy atom. The van der Waals surface area contributed by atoms with Crippen LogP contribution in [-0.2, 0) is 13.6 Å². The fourth-order valence-corrected chi connectivity index (χ4v) is 4.31. The van der Waals surface area contributed by atoms with Crippen molar-refractivity contribution < 1.29 is 13.6 Å². The van der Waals surface area contributed by atoms with Gasteiger partial charge in [-0.3, -0.25) is 4.79 Å².